The maximum Gasteiger partial charge on any atom is 0.220 e. The summed E-state index contributed by atoms with van der Waals surface area (Å²) in [5, 5.41) is 265. The van der Waals surface area contributed by atoms with E-state index < -0.39 is 341 Å². The summed E-state index contributed by atoms with van der Waals surface area (Å²) in [6.07, 6.45) is -30.9. The molecule has 8 aliphatic heterocycles. The van der Waals surface area contributed by atoms with Crippen LogP contribution >= 0.6 is 0 Å². The number of aliphatic hydroxyl groups excluding tert-OH is 22. The van der Waals surface area contributed by atoms with Crippen LogP contribution < -0.4 is 26.6 Å². The van der Waals surface area contributed by atoms with E-state index in [1.165, 1.54) is 154 Å². The predicted octanol–water partition coefficient (Wildman–Crippen LogP) is -3.37. The summed E-state index contributed by atoms with van der Waals surface area (Å²) in [4.78, 5) is 65.9. The molecule has 48 heteroatoms. The van der Waals surface area contributed by atoms with Crippen LogP contribution in [-0.2, 0) is 99.8 Å². The summed E-state index contributed by atoms with van der Waals surface area (Å²) < 4.78 is 97.0. The fourth-order valence-electron chi connectivity index (χ4n) is 20.2. The van der Waals surface area contributed by atoms with E-state index in [1.807, 2.05) is 6.08 Å². The van der Waals surface area contributed by atoms with Gasteiger partial charge >= 0.3 is 0 Å². The predicted molar refractivity (Wildman–Crippen MR) is 519 cm³/mol. The zero-order chi connectivity index (χ0) is 108. The lowest BCUT2D eigenvalue weighted by Gasteiger charge is -2.51. The Kier molecular flexibility index (Phi) is 59.4. The van der Waals surface area contributed by atoms with E-state index in [-0.39, 0.29) is 12.3 Å². The molecule has 8 aliphatic rings. The highest BCUT2D eigenvalue weighted by atomic mass is 16.8. The lowest BCUT2D eigenvalue weighted by molar-refractivity contribution is -0.389. The molecule has 8 saturated heterocycles. The molecule has 148 heavy (non-hydrogen) atoms. The zero-order valence-corrected chi connectivity index (χ0v) is 86.6. The van der Waals surface area contributed by atoms with Crippen molar-refractivity contribution in [1.82, 2.24) is 26.6 Å². The van der Waals surface area contributed by atoms with Crippen LogP contribution in [0.2, 0.25) is 0 Å². The second-order valence-corrected chi connectivity index (χ2v) is 40.6. The number of carbonyl (C=O) groups excluding carboxylic acids is 5. The standard InChI is InChI=1S/C100H179N5O43/c1-7-9-11-13-15-17-19-21-22-23-24-25-26-27-28-29-30-32-34-36-38-40-42-44-68(118)105-58(59(117)43-41-39-37-35-33-31-20-18-16-14-12-10-8-2)52-133-97-83(129)82(128)87(66(51-112)141-97)143-98-84(130)91(78(124)64(49-110)139-98)147-95-72(104-57(6)116)89(76(122)63(48-109)137-95)145-100-86(132)92(79(125)67(142-100)53-134-93-69(101-54(3)113)80(126)73(119)60(45-106)135-93)148-96-71(103-56(5)115)88(75(121)62(47-108)138-96)144-99-85(131)90(77(123)65(50-111)140-99)146-94-70(102-55(4)114)81(127)74(120)61(46-107)136-94/h41,43,58-67,69-100,106-112,117,119-132H,7-40,42,44-53H2,1-6H3,(H,101,113)(H,102,114)(H,103,115)(H,104,116)(H,105,118)/b43-41+/t58-,59+,60?,61?,62?,63?,64?,65?,66?,67?,69?,70?,71?,72?,73+,74-,75+,76+,77-,78-,79-,80+,81+,82+,83?,84?,85?,86?,87+,88+,89+,90-,91-,92-,93+,94+,95-,96-,97+,98-,99-,100-/m0/s1. The van der Waals surface area contributed by atoms with Gasteiger partial charge in [0.05, 0.1) is 71.6 Å². The number of amides is 5. The van der Waals surface area contributed by atoms with E-state index in [0.717, 1.165) is 85.5 Å². The molecule has 0 aliphatic carbocycles. The minimum Gasteiger partial charge on any atom is -0.394 e. The second-order valence-electron chi connectivity index (χ2n) is 40.6. The summed E-state index contributed by atoms with van der Waals surface area (Å²) in [6, 6.07) is -8.57. The average molecular weight is 2140 g/mol. The number of rotatable bonds is 68. The van der Waals surface area contributed by atoms with E-state index in [4.69, 9.17) is 75.8 Å². The third kappa shape index (κ3) is 39.1. The van der Waals surface area contributed by atoms with Gasteiger partial charge in [-0.3, -0.25) is 24.0 Å². The fraction of sp³-hybridized carbons (Fsp3) is 0.930. The number of carbonyl (C=O) groups is 5. The van der Waals surface area contributed by atoms with Gasteiger partial charge in [0.15, 0.2) is 50.3 Å². The van der Waals surface area contributed by atoms with E-state index in [9.17, 15) is 136 Å². The van der Waals surface area contributed by atoms with Crippen LogP contribution in [0.25, 0.3) is 0 Å². The van der Waals surface area contributed by atoms with Crippen LogP contribution in [0.1, 0.15) is 273 Å². The first-order valence-electron chi connectivity index (χ1n) is 54.0. The molecule has 0 saturated carbocycles. The Labute approximate surface area is 866 Å². The SMILES string of the molecule is CCCCCCCCCCCCC/C=C/[C@@H](O)[C@H](CO[C@@H]1OC(CO)[C@@H](O[C@@H]2OC(CO)[C@H](O)[C@H](O[C@@H]3OC(CO)[C@@H](O)[C@H](O[C@@H]4OC(CO[C@@H]5OC(CO)[C@@H](O)[C@H](O)C5NC(C)=O)[C@H](O)[C@H](O[C@@H]5OC(CO)[C@@H](O)[C@H](O[C@@H]6OC(CO)[C@H](O)[C@H](O[C@H]7OC(CO)[C@H](O)[C@H](O)C7NC(C)=O)C6O)C5NC(C)=O)C4O)C3NC(C)=O)C2O)[C@H](O)C1O)NC(=O)CCCCCCCCCCCCCCCCCCCCCCCCC. The fourth-order valence-corrected chi connectivity index (χ4v) is 20.2. The van der Waals surface area contributed by atoms with E-state index >= 15 is 0 Å². The first-order chi connectivity index (χ1) is 71.0. The summed E-state index contributed by atoms with van der Waals surface area (Å²) in [7, 11) is 0. The number of unbranched alkanes of at least 4 members (excludes halogenated alkanes) is 33. The molecule has 8 fully saturated rings. The Morgan fingerprint density at radius 1 is 0.270 bits per heavy atom. The van der Waals surface area contributed by atoms with Crippen LogP contribution in [0.5, 0.6) is 0 Å². The second kappa shape index (κ2) is 68.3. The molecule has 0 aromatic heterocycles. The number of hydrogen-bond acceptors (Lipinski definition) is 43. The van der Waals surface area contributed by atoms with Crippen LogP contribution in [-0.4, -0.2) is 459 Å². The van der Waals surface area contributed by atoms with Gasteiger partial charge in [-0.2, -0.15) is 0 Å². The maximum absolute atomic E-state index is 13.8. The largest absolute Gasteiger partial charge is 0.394 e. The lowest BCUT2D eigenvalue weighted by Crippen LogP contribution is -2.71. The molecular formula is C100H179N5O43. The first-order valence-corrected chi connectivity index (χ1v) is 54.0. The van der Waals surface area contributed by atoms with Crippen LogP contribution in [0, 0.1) is 0 Å². The van der Waals surface area contributed by atoms with Gasteiger partial charge in [0.25, 0.3) is 0 Å². The Morgan fingerprint density at radius 3 is 0.892 bits per heavy atom. The van der Waals surface area contributed by atoms with Crippen LogP contribution in [0.3, 0.4) is 0 Å². The molecule has 42 atom stereocenters. The molecule has 8 rings (SSSR count). The van der Waals surface area contributed by atoms with Crippen molar-refractivity contribution in [1.29, 1.82) is 0 Å². The normalized spacial score (nSPS) is 37.2. The highest BCUT2D eigenvalue weighted by Gasteiger charge is 2.61. The van der Waals surface area contributed by atoms with Gasteiger partial charge in [-0.1, -0.05) is 231 Å². The van der Waals surface area contributed by atoms with Gasteiger partial charge in [-0.25, -0.2) is 0 Å². The van der Waals surface area contributed by atoms with Gasteiger partial charge in [-0.15, -0.1) is 0 Å². The summed E-state index contributed by atoms with van der Waals surface area (Å²) >= 11 is 0. The molecule has 48 nitrogen and oxygen atoms in total. The smallest absolute Gasteiger partial charge is 0.220 e. The molecule has 8 heterocycles. The van der Waals surface area contributed by atoms with Crippen molar-refractivity contribution in [2.24, 2.45) is 0 Å². The van der Waals surface area contributed by atoms with Crippen molar-refractivity contribution in [3.05, 3.63) is 12.2 Å². The van der Waals surface area contributed by atoms with Crippen molar-refractivity contribution >= 4 is 29.5 Å². The summed E-state index contributed by atoms with van der Waals surface area (Å²) in [5.41, 5.74) is 0. The molecule has 27 N–H and O–H groups in total. The van der Waals surface area contributed by atoms with Crippen LogP contribution in [0.4, 0.5) is 0 Å². The minimum absolute atomic E-state index is 0.134. The summed E-state index contributed by atoms with van der Waals surface area (Å²) in [5.74, 6) is -4.00. The number of hydrogen-bond donors (Lipinski definition) is 27. The molecule has 0 radical (unpaired) electrons. The monoisotopic (exact) mass is 2140 g/mol. The van der Waals surface area contributed by atoms with Gasteiger partial charge in [0.1, 0.15) is 195 Å². The van der Waals surface area contributed by atoms with Gasteiger partial charge in [0, 0.05) is 34.1 Å². The third-order valence-corrected chi connectivity index (χ3v) is 28.7. The quantitative estimate of drug-likeness (QED) is 0.0209. The molecule has 862 valence electrons. The highest BCUT2D eigenvalue weighted by Crippen LogP contribution is 2.41. The van der Waals surface area contributed by atoms with E-state index in [1.54, 1.807) is 6.08 Å². The Bertz CT molecular complexity index is 3680. The third-order valence-electron chi connectivity index (χ3n) is 28.7. The Balaban J connectivity index is 0.975. The van der Waals surface area contributed by atoms with Gasteiger partial charge in [-0.05, 0) is 19.3 Å². The summed E-state index contributed by atoms with van der Waals surface area (Å²) in [6.45, 7) is -0.680. The average Bonchev–Trinajstić information content (AvgIpc) is 0.756. The Hall–Kier alpha value is -4.43. The number of nitrogens with one attached hydrogen (secondary N) is 5. The highest BCUT2D eigenvalue weighted by molar-refractivity contribution is 5.76. The van der Waals surface area contributed by atoms with E-state index in [2.05, 4.69) is 40.4 Å². The van der Waals surface area contributed by atoms with Gasteiger partial charge < -0.3 is 215 Å². The molecule has 0 bridgehead atoms. The van der Waals surface area contributed by atoms with Crippen molar-refractivity contribution < 1.29 is 212 Å². The number of allylic oxidation sites excluding steroid dienone is 1. The van der Waals surface area contributed by atoms with Crippen molar-refractivity contribution in [2.75, 3.05) is 59.5 Å². The molecule has 0 aromatic carbocycles. The van der Waals surface area contributed by atoms with Crippen molar-refractivity contribution in [3.63, 3.8) is 0 Å². The molecule has 0 aromatic rings. The van der Waals surface area contributed by atoms with Crippen LogP contribution in [0.15, 0.2) is 12.2 Å². The van der Waals surface area contributed by atoms with Gasteiger partial charge in [0.2, 0.25) is 29.5 Å². The molecule has 5 amide bonds. The zero-order valence-electron chi connectivity index (χ0n) is 86.6. The topological polar surface area (TPSA) is 738 Å². The molecular weight excluding hydrogens is 1960 g/mol. The molecule has 16 unspecified atom stereocenters. The first kappa shape index (κ1) is 129. The lowest BCUT2D eigenvalue weighted by atomic mass is 9.93. The van der Waals surface area contributed by atoms with Crippen molar-refractivity contribution in [2.45, 2.75) is 530 Å². The minimum atomic E-state index is -2.54. The molecule has 0 spiro atoms. The number of ether oxygens (including phenoxy) is 16. The van der Waals surface area contributed by atoms with E-state index in [0.29, 0.717) is 12.8 Å². The number of aliphatic hydroxyl groups is 22. The maximum atomic E-state index is 13.8. The van der Waals surface area contributed by atoms with Crippen molar-refractivity contribution in [3.8, 4) is 0 Å². The Morgan fingerprint density at radius 2 is 0.541 bits per heavy atom.